The van der Waals surface area contributed by atoms with Gasteiger partial charge in [0.25, 0.3) is 0 Å². The van der Waals surface area contributed by atoms with Crippen molar-refractivity contribution in [2.24, 2.45) is 45.3 Å². The van der Waals surface area contributed by atoms with Gasteiger partial charge in [-0.15, -0.1) is 0 Å². The molecule has 0 amide bonds. The Hall–Kier alpha value is -2.19. The smallest absolute Gasteiger partial charge is 0.310 e. The largest absolute Gasteiger partial charge is 0.481 e. The molecule has 4 aliphatic rings. The van der Waals surface area contributed by atoms with Crippen molar-refractivity contribution in [1.82, 2.24) is 0 Å². The molecule has 0 spiro atoms. The lowest BCUT2D eigenvalue weighted by Crippen LogP contribution is -2.58. The van der Waals surface area contributed by atoms with Crippen molar-refractivity contribution in [3.8, 4) is 0 Å². The van der Waals surface area contributed by atoms with Gasteiger partial charge in [0.1, 0.15) is 6.10 Å². The summed E-state index contributed by atoms with van der Waals surface area (Å²) in [5.41, 5.74) is 1.17. The van der Waals surface area contributed by atoms with E-state index in [1.807, 2.05) is 0 Å². The molecule has 0 radical (unpaired) electrons. The number of allylic oxidation sites excluding steroid dienone is 1. The molecule has 0 aromatic heterocycles. The first-order chi connectivity index (χ1) is 20.6. The van der Waals surface area contributed by atoms with Crippen LogP contribution in [0, 0.1) is 45.3 Å². The second-order valence-corrected chi connectivity index (χ2v) is 16.8. The SMILES string of the molecule is C=C(CC[C@@H](C)[C@H]1CC[C@@]2(C)C3=C(C[C@H](O)[C@]12C)[C@@]1(C)CC[C@H](OC(=O)C[C@@](C)(O)CC(=O)O)C(C)(C)[C@@H]1CC3)[C@H](C)C(=O)O. The van der Waals surface area contributed by atoms with E-state index in [0.29, 0.717) is 31.1 Å². The summed E-state index contributed by atoms with van der Waals surface area (Å²) in [4.78, 5) is 35.5. The molecular weight excluding hydrogens is 572 g/mol. The summed E-state index contributed by atoms with van der Waals surface area (Å²) in [6, 6.07) is 0. The number of aliphatic carboxylic acids is 2. The zero-order valence-corrected chi connectivity index (χ0v) is 28.9. The minimum Gasteiger partial charge on any atom is -0.481 e. The normalized spacial score (nSPS) is 38.2. The van der Waals surface area contributed by atoms with Crippen LogP contribution in [0.4, 0.5) is 0 Å². The van der Waals surface area contributed by atoms with E-state index >= 15 is 0 Å². The minimum absolute atomic E-state index is 0.124. The van der Waals surface area contributed by atoms with Gasteiger partial charge in [0, 0.05) is 10.8 Å². The molecule has 0 aliphatic heterocycles. The summed E-state index contributed by atoms with van der Waals surface area (Å²) in [7, 11) is 0. The number of carbonyl (C=O) groups excluding carboxylic acids is 1. The van der Waals surface area contributed by atoms with Crippen LogP contribution in [-0.4, -0.2) is 56.1 Å². The predicted molar refractivity (Wildman–Crippen MR) is 172 cm³/mol. The molecule has 254 valence electrons. The Labute approximate surface area is 269 Å². The predicted octanol–water partition coefficient (Wildman–Crippen LogP) is 6.93. The van der Waals surface area contributed by atoms with Gasteiger partial charge in [0.15, 0.2) is 0 Å². The maximum atomic E-state index is 12.9. The zero-order chi connectivity index (χ0) is 33.9. The summed E-state index contributed by atoms with van der Waals surface area (Å²) >= 11 is 0. The Morgan fingerprint density at radius 1 is 1.00 bits per heavy atom. The Balaban J connectivity index is 1.55. The van der Waals surface area contributed by atoms with E-state index < -0.39 is 42.0 Å². The second kappa shape index (κ2) is 12.1. The number of fused-ring (bicyclic) bond motifs is 4. The molecule has 8 heteroatoms. The third kappa shape index (κ3) is 6.03. The molecule has 45 heavy (non-hydrogen) atoms. The van der Waals surface area contributed by atoms with Crippen LogP contribution in [0.3, 0.4) is 0 Å². The lowest BCUT2D eigenvalue weighted by atomic mass is 9.42. The van der Waals surface area contributed by atoms with Crippen LogP contribution in [0.15, 0.2) is 23.3 Å². The average Bonchev–Trinajstić information content (AvgIpc) is 3.20. The number of ether oxygens (including phenoxy) is 1. The molecule has 2 fully saturated rings. The molecule has 0 heterocycles. The number of aliphatic hydroxyl groups excluding tert-OH is 1. The Bertz CT molecular complexity index is 1250. The molecule has 4 rings (SSSR count). The average molecular weight is 631 g/mol. The molecule has 10 atom stereocenters. The number of aliphatic hydroxyl groups is 2. The van der Waals surface area contributed by atoms with Crippen molar-refractivity contribution in [1.29, 1.82) is 0 Å². The standard InChI is InChI=1S/C37H58O8/c1-21(23(3)32(42)43)10-11-22(2)24-14-17-36(8)25-12-13-27-33(4,5)29(45-31(41)20-34(6,44)19-30(39)40)15-16-35(27,7)26(25)18-28(38)37(24,36)9/h22-24,27-29,38,44H,1,10-20H2,2-9H3,(H,39,40)(H,42,43)/t22-,23+,24-,27+,28+,29+,34+,35-,36+,37+/m1/s1. The Morgan fingerprint density at radius 2 is 1.64 bits per heavy atom. The summed E-state index contributed by atoms with van der Waals surface area (Å²) in [6.07, 6.45) is 6.01. The summed E-state index contributed by atoms with van der Waals surface area (Å²) < 4.78 is 5.99. The zero-order valence-electron chi connectivity index (χ0n) is 28.9. The number of carbonyl (C=O) groups is 3. The van der Waals surface area contributed by atoms with Gasteiger partial charge in [-0.3, -0.25) is 14.4 Å². The van der Waals surface area contributed by atoms with Crippen molar-refractivity contribution in [2.45, 2.75) is 144 Å². The van der Waals surface area contributed by atoms with Gasteiger partial charge in [0.2, 0.25) is 0 Å². The van der Waals surface area contributed by atoms with E-state index in [1.165, 1.54) is 18.1 Å². The van der Waals surface area contributed by atoms with Crippen LogP contribution >= 0.6 is 0 Å². The summed E-state index contributed by atoms with van der Waals surface area (Å²) in [5.74, 6) is -2.21. The summed E-state index contributed by atoms with van der Waals surface area (Å²) in [6.45, 7) is 20.8. The Kier molecular flexibility index (Phi) is 9.60. The topological polar surface area (TPSA) is 141 Å². The fraction of sp³-hybridized carbons (Fsp3) is 0.811. The molecule has 0 aromatic carbocycles. The van der Waals surface area contributed by atoms with Crippen LogP contribution in [-0.2, 0) is 19.1 Å². The maximum absolute atomic E-state index is 12.9. The quantitative estimate of drug-likeness (QED) is 0.142. The van der Waals surface area contributed by atoms with Gasteiger partial charge in [-0.1, -0.05) is 64.8 Å². The van der Waals surface area contributed by atoms with E-state index in [1.54, 1.807) is 6.92 Å². The second-order valence-electron chi connectivity index (χ2n) is 16.8. The van der Waals surface area contributed by atoms with E-state index in [9.17, 15) is 29.7 Å². The first-order valence-electron chi connectivity index (χ1n) is 17.1. The molecule has 2 saturated carbocycles. The Morgan fingerprint density at radius 3 is 2.24 bits per heavy atom. The lowest BCUT2D eigenvalue weighted by Gasteiger charge is -2.63. The highest BCUT2D eigenvalue weighted by Gasteiger charge is 2.66. The minimum atomic E-state index is -1.66. The number of carboxylic acids is 2. The number of esters is 1. The van der Waals surface area contributed by atoms with Crippen molar-refractivity contribution in [3.05, 3.63) is 23.3 Å². The van der Waals surface area contributed by atoms with Crippen LogP contribution in [0.5, 0.6) is 0 Å². The van der Waals surface area contributed by atoms with Crippen LogP contribution in [0.1, 0.15) is 126 Å². The van der Waals surface area contributed by atoms with E-state index in [2.05, 4.69) is 48.1 Å². The lowest BCUT2D eigenvalue weighted by molar-refractivity contribution is -0.175. The highest BCUT2D eigenvalue weighted by molar-refractivity contribution is 5.74. The molecular formula is C37H58O8. The van der Waals surface area contributed by atoms with Gasteiger partial charge in [-0.25, -0.2) is 0 Å². The monoisotopic (exact) mass is 630 g/mol. The van der Waals surface area contributed by atoms with Crippen molar-refractivity contribution in [2.75, 3.05) is 0 Å². The third-order valence-electron chi connectivity index (χ3n) is 13.8. The van der Waals surface area contributed by atoms with Crippen LogP contribution in [0.25, 0.3) is 0 Å². The van der Waals surface area contributed by atoms with Gasteiger partial charge < -0.3 is 25.2 Å². The van der Waals surface area contributed by atoms with Gasteiger partial charge >= 0.3 is 17.9 Å². The van der Waals surface area contributed by atoms with Crippen molar-refractivity contribution in [3.63, 3.8) is 0 Å². The number of hydrogen-bond acceptors (Lipinski definition) is 6. The first-order valence-corrected chi connectivity index (χ1v) is 17.1. The highest BCUT2D eigenvalue weighted by Crippen LogP contribution is 2.72. The van der Waals surface area contributed by atoms with Crippen LogP contribution in [0.2, 0.25) is 0 Å². The molecule has 0 aromatic rings. The maximum Gasteiger partial charge on any atom is 0.310 e. The van der Waals surface area contributed by atoms with E-state index in [4.69, 9.17) is 9.84 Å². The van der Waals surface area contributed by atoms with E-state index in [0.717, 1.165) is 44.1 Å². The fourth-order valence-electron chi connectivity index (χ4n) is 10.7. The van der Waals surface area contributed by atoms with Gasteiger partial charge in [0.05, 0.1) is 30.5 Å². The van der Waals surface area contributed by atoms with Crippen molar-refractivity contribution >= 4 is 17.9 Å². The van der Waals surface area contributed by atoms with Gasteiger partial charge in [-0.2, -0.15) is 0 Å². The molecule has 0 unspecified atom stereocenters. The molecule has 0 bridgehead atoms. The third-order valence-corrected chi connectivity index (χ3v) is 13.8. The number of carboxylic acid groups (broad SMARTS) is 2. The summed E-state index contributed by atoms with van der Waals surface area (Å²) in [5, 5.41) is 41.0. The van der Waals surface area contributed by atoms with Gasteiger partial charge in [-0.05, 0) is 100 Å². The molecule has 4 N–H and O–H groups in total. The highest BCUT2D eigenvalue weighted by atomic mass is 16.5. The van der Waals surface area contributed by atoms with Crippen LogP contribution < -0.4 is 0 Å². The number of hydrogen-bond donors (Lipinski definition) is 4. The molecule has 8 nitrogen and oxygen atoms in total. The fourth-order valence-corrected chi connectivity index (χ4v) is 10.7. The molecule has 0 saturated heterocycles. The van der Waals surface area contributed by atoms with E-state index in [-0.39, 0.29) is 40.1 Å². The van der Waals surface area contributed by atoms with Crippen molar-refractivity contribution < 1.29 is 39.5 Å². The first kappa shape index (κ1) is 35.7. The molecule has 4 aliphatic carbocycles. The number of rotatable bonds is 11.